The van der Waals surface area contributed by atoms with Crippen LogP contribution in [0.1, 0.15) is 12.5 Å². The van der Waals surface area contributed by atoms with Gasteiger partial charge in [-0.25, -0.2) is 12.8 Å². The smallest absolute Gasteiger partial charge is 0.246 e. The number of sulfonamides is 1. The minimum Gasteiger partial charge on any atom is -0.392 e. The van der Waals surface area contributed by atoms with E-state index in [4.69, 9.17) is 16.7 Å². The zero-order valence-corrected chi connectivity index (χ0v) is 13.5. The Labute approximate surface area is 129 Å². The number of rotatable bonds is 3. The first-order valence-corrected chi connectivity index (χ1v) is 8.38. The van der Waals surface area contributed by atoms with Crippen molar-refractivity contribution in [3.63, 3.8) is 0 Å². The van der Waals surface area contributed by atoms with Crippen molar-refractivity contribution in [2.75, 3.05) is 26.7 Å². The molecule has 0 amide bonds. The number of nitrogens with zero attached hydrogens (tertiary/aromatic N) is 2. The molecule has 1 saturated heterocycles. The monoisotopic (exact) mass is 336 g/mol. The second kappa shape index (κ2) is 6.18. The van der Waals surface area contributed by atoms with Gasteiger partial charge >= 0.3 is 0 Å². The fraction of sp³-hybridized carbons (Fsp3) is 0.538. The van der Waals surface area contributed by atoms with Crippen LogP contribution in [0.4, 0.5) is 4.39 Å². The topological polar surface area (TPSA) is 60.9 Å². The van der Waals surface area contributed by atoms with E-state index in [1.807, 2.05) is 18.9 Å². The molecule has 1 aromatic rings. The first kappa shape index (κ1) is 16.6. The van der Waals surface area contributed by atoms with Crippen LogP contribution in [0, 0.1) is 5.82 Å². The summed E-state index contributed by atoms with van der Waals surface area (Å²) in [7, 11) is -2.05. The molecule has 1 aliphatic heterocycles. The van der Waals surface area contributed by atoms with Gasteiger partial charge in [0.1, 0.15) is 10.7 Å². The average molecular weight is 337 g/mol. The number of benzene rings is 1. The summed E-state index contributed by atoms with van der Waals surface area (Å²) < 4.78 is 40.7. The Bertz CT molecular complexity index is 639. The number of likely N-dealkylation sites (N-methyl/N-ethyl adjacent to an activating group) is 1. The molecule has 2 rings (SSSR count). The molecule has 21 heavy (non-hydrogen) atoms. The first-order chi connectivity index (χ1) is 9.77. The third-order valence-electron chi connectivity index (χ3n) is 3.79. The molecule has 0 spiro atoms. The normalized spacial score (nSPS) is 21.7. The predicted octanol–water partition coefficient (Wildman–Crippen LogP) is 1.30. The van der Waals surface area contributed by atoms with Crippen molar-refractivity contribution >= 4 is 21.6 Å². The van der Waals surface area contributed by atoms with Crippen LogP contribution < -0.4 is 0 Å². The van der Waals surface area contributed by atoms with Gasteiger partial charge in [-0.3, -0.25) is 0 Å². The lowest BCUT2D eigenvalue weighted by Crippen LogP contribution is -2.52. The van der Waals surface area contributed by atoms with Gasteiger partial charge in [-0.15, -0.1) is 0 Å². The zero-order chi connectivity index (χ0) is 15.8. The highest BCUT2D eigenvalue weighted by molar-refractivity contribution is 7.89. The minimum absolute atomic E-state index is 0.0492. The average Bonchev–Trinajstić information content (AvgIpc) is 2.43. The minimum atomic E-state index is -3.97. The van der Waals surface area contributed by atoms with E-state index in [9.17, 15) is 12.8 Å². The molecule has 1 aromatic carbocycles. The summed E-state index contributed by atoms with van der Waals surface area (Å²) in [6, 6.07) is 2.37. The van der Waals surface area contributed by atoms with Crippen LogP contribution >= 0.6 is 11.6 Å². The highest BCUT2D eigenvalue weighted by atomic mass is 35.5. The molecule has 5 nitrogen and oxygen atoms in total. The highest BCUT2D eigenvalue weighted by Gasteiger charge is 2.33. The summed E-state index contributed by atoms with van der Waals surface area (Å²) >= 11 is 5.83. The Hall–Kier alpha value is -0.730. The molecular formula is C13H18ClFN2O3S. The number of piperazine rings is 1. The maximum Gasteiger partial charge on any atom is 0.246 e. The molecule has 1 aliphatic rings. The van der Waals surface area contributed by atoms with E-state index in [1.54, 1.807) is 0 Å². The maximum absolute atomic E-state index is 14.2. The Morgan fingerprint density at radius 1 is 1.43 bits per heavy atom. The number of aliphatic hydroxyl groups excluding tert-OH is 1. The lowest BCUT2D eigenvalue weighted by Gasteiger charge is -2.36. The largest absolute Gasteiger partial charge is 0.392 e. The molecule has 0 aromatic heterocycles. The fourth-order valence-electron chi connectivity index (χ4n) is 2.29. The second-order valence-corrected chi connectivity index (χ2v) is 7.57. The Morgan fingerprint density at radius 3 is 2.67 bits per heavy atom. The summed E-state index contributed by atoms with van der Waals surface area (Å²) in [4.78, 5) is 1.57. The van der Waals surface area contributed by atoms with Crippen molar-refractivity contribution < 1.29 is 17.9 Å². The molecule has 0 bridgehead atoms. The number of hydrogen-bond acceptors (Lipinski definition) is 4. The Balaban J connectivity index is 2.43. The van der Waals surface area contributed by atoms with Crippen LogP contribution in [-0.2, 0) is 16.6 Å². The van der Waals surface area contributed by atoms with Gasteiger partial charge in [0, 0.05) is 36.3 Å². The number of halogens is 2. The summed E-state index contributed by atoms with van der Waals surface area (Å²) in [5, 5.41) is 9.19. The van der Waals surface area contributed by atoms with E-state index in [2.05, 4.69) is 0 Å². The summed E-state index contributed by atoms with van der Waals surface area (Å²) in [6.45, 7) is 2.47. The van der Waals surface area contributed by atoms with E-state index in [1.165, 1.54) is 10.4 Å². The molecule has 1 atom stereocenters. The van der Waals surface area contributed by atoms with E-state index in [0.29, 0.717) is 19.6 Å². The molecule has 8 heteroatoms. The van der Waals surface area contributed by atoms with Crippen LogP contribution in [0.3, 0.4) is 0 Å². The van der Waals surface area contributed by atoms with Gasteiger partial charge in [0.15, 0.2) is 0 Å². The molecule has 1 heterocycles. The van der Waals surface area contributed by atoms with Crippen LogP contribution in [0.5, 0.6) is 0 Å². The second-order valence-electron chi connectivity index (χ2n) is 5.23. The van der Waals surface area contributed by atoms with Crippen LogP contribution in [0.25, 0.3) is 0 Å². The molecule has 1 unspecified atom stereocenters. The van der Waals surface area contributed by atoms with Crippen LogP contribution in [-0.4, -0.2) is 55.5 Å². The summed E-state index contributed by atoms with van der Waals surface area (Å²) in [5.41, 5.74) is -0.122. The maximum atomic E-state index is 14.2. The van der Waals surface area contributed by atoms with Crippen molar-refractivity contribution in [2.24, 2.45) is 0 Å². The highest BCUT2D eigenvalue weighted by Crippen LogP contribution is 2.27. The Morgan fingerprint density at radius 2 is 2.10 bits per heavy atom. The molecule has 1 N–H and O–H groups in total. The fourth-order valence-corrected chi connectivity index (χ4v) is 4.24. The number of aliphatic hydroxyl groups is 1. The number of hydrogen-bond donors (Lipinski definition) is 1. The van der Waals surface area contributed by atoms with Gasteiger partial charge < -0.3 is 10.0 Å². The third-order valence-corrected chi connectivity index (χ3v) is 5.87. The zero-order valence-electron chi connectivity index (χ0n) is 11.9. The molecule has 0 radical (unpaired) electrons. The van der Waals surface area contributed by atoms with Crippen LogP contribution in [0.2, 0.25) is 5.02 Å². The third kappa shape index (κ3) is 3.22. The van der Waals surface area contributed by atoms with Crippen molar-refractivity contribution in [1.29, 1.82) is 0 Å². The standard InChI is InChI=1S/C13H18ClFN2O3S/c1-9-7-17(4-3-16(9)2)21(19,20)12-6-11(14)5-10(8-18)13(12)15/h5-6,9,18H,3-4,7-8H2,1-2H3. The van der Waals surface area contributed by atoms with Gasteiger partial charge in [0.25, 0.3) is 0 Å². The van der Waals surface area contributed by atoms with Crippen molar-refractivity contribution in [3.8, 4) is 0 Å². The first-order valence-electron chi connectivity index (χ1n) is 6.56. The van der Waals surface area contributed by atoms with E-state index in [-0.39, 0.29) is 16.6 Å². The molecular weight excluding hydrogens is 319 g/mol. The molecule has 0 saturated carbocycles. The summed E-state index contributed by atoms with van der Waals surface area (Å²) in [6.07, 6.45) is 0. The van der Waals surface area contributed by atoms with E-state index < -0.39 is 27.3 Å². The van der Waals surface area contributed by atoms with Crippen molar-refractivity contribution in [1.82, 2.24) is 9.21 Å². The lowest BCUT2D eigenvalue weighted by molar-refractivity contribution is 0.159. The van der Waals surface area contributed by atoms with Gasteiger partial charge in [0.2, 0.25) is 10.0 Å². The molecule has 0 aliphatic carbocycles. The molecule has 1 fully saturated rings. The van der Waals surface area contributed by atoms with Crippen LogP contribution in [0.15, 0.2) is 17.0 Å². The SMILES string of the molecule is CC1CN(S(=O)(=O)c2cc(Cl)cc(CO)c2F)CCN1C. The van der Waals surface area contributed by atoms with E-state index in [0.717, 1.165) is 6.07 Å². The van der Waals surface area contributed by atoms with Gasteiger partial charge in [0.05, 0.1) is 6.61 Å². The summed E-state index contributed by atoms with van der Waals surface area (Å²) in [5.74, 6) is -0.937. The van der Waals surface area contributed by atoms with Gasteiger partial charge in [-0.2, -0.15) is 4.31 Å². The van der Waals surface area contributed by atoms with Crippen molar-refractivity contribution in [3.05, 3.63) is 28.5 Å². The lowest BCUT2D eigenvalue weighted by atomic mass is 10.2. The molecule has 118 valence electrons. The van der Waals surface area contributed by atoms with Gasteiger partial charge in [-0.05, 0) is 26.1 Å². The van der Waals surface area contributed by atoms with Crippen molar-refractivity contribution in [2.45, 2.75) is 24.5 Å². The quantitative estimate of drug-likeness (QED) is 0.903. The Kier molecular flexibility index (Phi) is 4.89. The van der Waals surface area contributed by atoms with E-state index >= 15 is 0 Å². The van der Waals surface area contributed by atoms with Gasteiger partial charge in [-0.1, -0.05) is 11.6 Å². The predicted molar refractivity (Wildman–Crippen MR) is 78.2 cm³/mol.